The molecule has 5 nitrogen and oxygen atoms in total. The Morgan fingerprint density at radius 2 is 1.86 bits per heavy atom. The monoisotopic (exact) mass is 302 g/mol. The number of hydrogen-bond donors (Lipinski definition) is 2. The normalized spacial score (nSPS) is 24.0. The van der Waals surface area contributed by atoms with Gasteiger partial charge in [0, 0.05) is 2.85 Å². The molecule has 2 N–H and O–H groups in total. The van der Waals surface area contributed by atoms with Crippen molar-refractivity contribution >= 4 is 11.7 Å². The Balaban J connectivity index is 0. The second-order valence-corrected chi connectivity index (χ2v) is 6.85. The minimum Gasteiger partial charge on any atom is -0.361 e. The lowest BCUT2D eigenvalue weighted by Crippen LogP contribution is -2.54. The highest BCUT2D eigenvalue weighted by Gasteiger charge is 2.50. The van der Waals surface area contributed by atoms with Gasteiger partial charge in [-0.1, -0.05) is 34.6 Å². The molecule has 21 heavy (non-hydrogen) atoms. The summed E-state index contributed by atoms with van der Waals surface area (Å²) in [5.41, 5.74) is -0.696. The van der Waals surface area contributed by atoms with Crippen LogP contribution in [-0.2, 0) is 14.3 Å². The van der Waals surface area contributed by atoms with Gasteiger partial charge < -0.3 is 15.4 Å². The molecule has 0 bridgehead atoms. The number of carbonyl (C=O) groups is 2. The molecule has 0 aromatic heterocycles. The van der Waals surface area contributed by atoms with E-state index in [2.05, 4.69) is 10.6 Å². The van der Waals surface area contributed by atoms with Crippen molar-refractivity contribution in [2.24, 2.45) is 11.8 Å². The van der Waals surface area contributed by atoms with E-state index in [4.69, 9.17) is 4.74 Å². The Bertz CT molecular complexity index is 386. The fraction of sp³-hybridized carbons (Fsp3) is 0.875. The molecule has 1 fully saturated rings. The lowest BCUT2D eigenvalue weighted by Gasteiger charge is -2.26. The van der Waals surface area contributed by atoms with Crippen molar-refractivity contribution in [3.63, 3.8) is 0 Å². The van der Waals surface area contributed by atoms with Crippen LogP contribution in [0.3, 0.4) is 0 Å². The Kier molecular flexibility index (Phi) is 6.35. The Morgan fingerprint density at radius 3 is 2.24 bits per heavy atom. The van der Waals surface area contributed by atoms with E-state index < -0.39 is 11.6 Å². The third-order valence-corrected chi connectivity index (χ3v) is 3.81. The van der Waals surface area contributed by atoms with Crippen LogP contribution in [0.5, 0.6) is 0 Å². The predicted octanol–water partition coefficient (Wildman–Crippen LogP) is 2.00. The molecule has 0 saturated carbocycles. The topological polar surface area (TPSA) is 70.7 Å². The van der Waals surface area contributed by atoms with Crippen molar-refractivity contribution in [2.75, 3.05) is 13.2 Å². The molecule has 1 unspecified atom stereocenters. The summed E-state index contributed by atoms with van der Waals surface area (Å²) in [6.45, 7) is 13.0. The quantitative estimate of drug-likeness (QED) is 0.639. The van der Waals surface area contributed by atoms with Gasteiger partial charge in [0.2, 0.25) is 5.91 Å². The third kappa shape index (κ3) is 5.08. The van der Waals surface area contributed by atoms with Crippen LogP contribution in [0.1, 0.15) is 50.8 Å². The Morgan fingerprint density at radius 1 is 1.29 bits per heavy atom. The van der Waals surface area contributed by atoms with Gasteiger partial charge in [-0.25, -0.2) is 0 Å². The fourth-order valence-electron chi connectivity index (χ4n) is 2.43. The van der Waals surface area contributed by atoms with E-state index in [1.165, 1.54) is 0 Å². The van der Waals surface area contributed by atoms with Crippen molar-refractivity contribution in [3.05, 3.63) is 0 Å². The molecule has 0 aromatic rings. The molecule has 1 aliphatic rings. The lowest BCUT2D eigenvalue weighted by molar-refractivity contribution is -0.132. The number of ether oxygens (including phenoxy) is 1. The van der Waals surface area contributed by atoms with Crippen LogP contribution in [0.15, 0.2) is 0 Å². The van der Waals surface area contributed by atoms with Crippen LogP contribution in [0.2, 0.25) is 0 Å². The van der Waals surface area contributed by atoms with E-state index in [0.717, 1.165) is 6.54 Å². The third-order valence-electron chi connectivity index (χ3n) is 3.81. The molecule has 1 amide bonds. The number of carbonyl (C=O) groups excluding carboxylic acids is 2. The second kappa shape index (κ2) is 7.36. The zero-order valence-corrected chi connectivity index (χ0v) is 14.2. The van der Waals surface area contributed by atoms with Crippen molar-refractivity contribution in [1.82, 2.24) is 10.6 Å². The summed E-state index contributed by atoms with van der Waals surface area (Å²) >= 11 is 0. The summed E-state index contributed by atoms with van der Waals surface area (Å²) in [5.74, 6) is 0.393. The number of amides is 1. The maximum atomic E-state index is 12.5. The van der Waals surface area contributed by atoms with E-state index in [9.17, 15) is 9.59 Å². The van der Waals surface area contributed by atoms with E-state index in [0.29, 0.717) is 18.9 Å². The van der Waals surface area contributed by atoms with E-state index in [1.807, 2.05) is 34.6 Å². The number of hydrogen-bond acceptors (Lipinski definition) is 4. The second-order valence-electron chi connectivity index (χ2n) is 6.85. The van der Waals surface area contributed by atoms with Crippen LogP contribution in [0.4, 0.5) is 0 Å². The first-order valence-corrected chi connectivity index (χ1v) is 7.93. The molecule has 0 aliphatic carbocycles. The fourth-order valence-corrected chi connectivity index (χ4v) is 2.43. The number of Topliss-reactive ketones (excluding diaryl/α,β-unsaturated/α-hetero) is 1. The van der Waals surface area contributed by atoms with E-state index in [-0.39, 0.29) is 26.5 Å². The number of ketones is 1. The summed E-state index contributed by atoms with van der Waals surface area (Å²) in [6.07, 6.45) is 0.639. The molecular weight excluding hydrogens is 268 g/mol. The highest BCUT2D eigenvalue weighted by molar-refractivity contribution is 5.97. The van der Waals surface area contributed by atoms with Crippen molar-refractivity contribution in [1.29, 1.82) is 0 Å². The maximum Gasteiger partial charge on any atom is 0.237 e. The van der Waals surface area contributed by atoms with Gasteiger partial charge in [0.25, 0.3) is 0 Å². The molecule has 0 aromatic carbocycles. The Hall–Kier alpha value is -0.940. The van der Waals surface area contributed by atoms with Gasteiger partial charge in [0.1, 0.15) is 5.60 Å². The molecule has 0 radical (unpaired) electrons. The number of likely N-dealkylation sites (N-methyl/N-ethyl adjacent to an activating group) is 1. The van der Waals surface area contributed by atoms with E-state index >= 15 is 0 Å². The molecule has 126 valence electrons. The zero-order valence-electron chi connectivity index (χ0n) is 14.2. The highest BCUT2D eigenvalue weighted by Crippen LogP contribution is 2.29. The highest BCUT2D eigenvalue weighted by atomic mass is 16.6. The first-order valence-electron chi connectivity index (χ1n) is 7.93. The molecule has 3 atom stereocenters. The molecular formula is C16H34N2O3. The first-order chi connectivity index (χ1) is 9.71. The minimum absolute atomic E-state index is 0. The smallest absolute Gasteiger partial charge is 0.237 e. The molecule has 1 rings (SSSR count). The largest absolute Gasteiger partial charge is 0.361 e. The zero-order chi connectivity index (χ0) is 16.2. The average Bonchev–Trinajstić information content (AvgIpc) is 3.12. The van der Waals surface area contributed by atoms with Gasteiger partial charge >= 0.3 is 0 Å². The van der Waals surface area contributed by atoms with Gasteiger partial charge in [-0.2, -0.15) is 0 Å². The summed E-state index contributed by atoms with van der Waals surface area (Å²) in [4.78, 5) is 24.9. The van der Waals surface area contributed by atoms with Gasteiger partial charge in [0.05, 0.1) is 18.7 Å². The van der Waals surface area contributed by atoms with Crippen LogP contribution >= 0.6 is 0 Å². The summed E-state index contributed by atoms with van der Waals surface area (Å²) in [7, 11) is 0. The summed E-state index contributed by atoms with van der Waals surface area (Å²) < 4.78 is 5.24. The maximum absolute atomic E-state index is 12.5. The average molecular weight is 302 g/mol. The molecule has 1 heterocycles. The molecule has 1 saturated heterocycles. The molecule has 1 aliphatic heterocycles. The number of rotatable bonds is 9. The minimum atomic E-state index is -0.696. The van der Waals surface area contributed by atoms with Crippen LogP contribution < -0.4 is 10.6 Å². The van der Waals surface area contributed by atoms with Crippen LogP contribution in [-0.4, -0.2) is 42.5 Å². The van der Waals surface area contributed by atoms with Gasteiger partial charge in [-0.3, -0.25) is 9.59 Å². The SMILES string of the molecule is CCN[C@H](C(=O)NC(CC(C)C)C(=O)[C@@]1(C)CO1)C(C)C.[HH].[HH]. The molecule has 5 heteroatoms. The summed E-state index contributed by atoms with van der Waals surface area (Å²) in [5, 5.41) is 6.11. The van der Waals surface area contributed by atoms with Gasteiger partial charge in [-0.05, 0) is 31.7 Å². The van der Waals surface area contributed by atoms with Crippen molar-refractivity contribution < 1.29 is 17.2 Å². The number of nitrogens with one attached hydrogen (secondary N) is 2. The van der Waals surface area contributed by atoms with Gasteiger partial charge in [-0.15, -0.1) is 0 Å². The number of epoxide rings is 1. The van der Waals surface area contributed by atoms with Crippen molar-refractivity contribution in [2.45, 2.75) is 65.6 Å². The molecule has 0 spiro atoms. The van der Waals surface area contributed by atoms with Crippen molar-refractivity contribution in [3.8, 4) is 0 Å². The van der Waals surface area contributed by atoms with Crippen LogP contribution in [0.25, 0.3) is 0 Å². The lowest BCUT2D eigenvalue weighted by atomic mass is 9.92. The standard InChI is InChI=1S/C16H30N2O3.2H2/c1-7-17-13(11(4)5)15(20)18-12(8-10(2)3)14(19)16(6)9-21-16;;/h10-13,17H,7-9H2,1-6H3,(H,18,20);2*1H/t12?,13-,16+;;/m0../s1. The summed E-state index contributed by atoms with van der Waals surface area (Å²) in [6, 6.07) is -0.740. The predicted molar refractivity (Wildman–Crippen MR) is 87.3 cm³/mol. The van der Waals surface area contributed by atoms with Crippen LogP contribution in [0, 0.1) is 11.8 Å². The first kappa shape index (κ1) is 18.1. The Labute approximate surface area is 131 Å². The van der Waals surface area contributed by atoms with E-state index in [1.54, 1.807) is 6.92 Å². The van der Waals surface area contributed by atoms with Gasteiger partial charge in [0.15, 0.2) is 5.78 Å².